The summed E-state index contributed by atoms with van der Waals surface area (Å²) in [5, 5.41) is 11.8. The Morgan fingerprint density at radius 1 is 1.20 bits per heavy atom. The van der Waals surface area contributed by atoms with E-state index in [4.69, 9.17) is 10.00 Å². The van der Waals surface area contributed by atoms with Crippen LogP contribution in [0.2, 0.25) is 0 Å². The van der Waals surface area contributed by atoms with Gasteiger partial charge in [-0.1, -0.05) is 11.8 Å². The van der Waals surface area contributed by atoms with Gasteiger partial charge in [0, 0.05) is 17.1 Å². The van der Waals surface area contributed by atoms with Gasteiger partial charge in [0.15, 0.2) is 11.8 Å². The number of aromatic nitrogens is 2. The van der Waals surface area contributed by atoms with Crippen LogP contribution in [0.1, 0.15) is 17.0 Å². The smallest absolute Gasteiger partial charge is 0.316 e. The number of rotatable bonds is 6. The van der Waals surface area contributed by atoms with E-state index >= 15 is 0 Å². The number of nitrogens with zero attached hydrogens (tertiary/aromatic N) is 3. The van der Waals surface area contributed by atoms with Crippen LogP contribution in [-0.4, -0.2) is 34.2 Å². The minimum Gasteiger partial charge on any atom is -0.455 e. The number of aryl methyl sites for hydroxylation is 2. The summed E-state index contributed by atoms with van der Waals surface area (Å²) in [5.74, 6) is -0.957. The minimum absolute atomic E-state index is 0.0209. The Balaban J connectivity index is 1.75. The summed E-state index contributed by atoms with van der Waals surface area (Å²) in [6, 6.07) is 10.2. The zero-order valence-corrected chi connectivity index (χ0v) is 14.6. The molecule has 0 aliphatic rings. The van der Waals surface area contributed by atoms with Gasteiger partial charge >= 0.3 is 5.97 Å². The van der Waals surface area contributed by atoms with Crippen LogP contribution in [0.4, 0.5) is 5.69 Å². The van der Waals surface area contributed by atoms with Crippen molar-refractivity contribution < 1.29 is 14.3 Å². The monoisotopic (exact) mass is 356 g/mol. The third kappa shape index (κ3) is 6.24. The molecule has 0 saturated carbocycles. The normalized spacial score (nSPS) is 9.96. The second-order valence-electron chi connectivity index (χ2n) is 5.12. The number of nitrogens with one attached hydrogen (secondary N) is 1. The van der Waals surface area contributed by atoms with Crippen molar-refractivity contribution in [3.63, 3.8) is 0 Å². The lowest BCUT2D eigenvalue weighted by molar-refractivity contribution is -0.144. The first kappa shape index (κ1) is 18.4. The molecule has 8 heteroatoms. The first-order valence-corrected chi connectivity index (χ1v) is 8.35. The van der Waals surface area contributed by atoms with E-state index in [1.165, 1.54) is 0 Å². The fourth-order valence-electron chi connectivity index (χ4n) is 1.89. The van der Waals surface area contributed by atoms with Crippen LogP contribution in [0, 0.1) is 25.2 Å². The molecule has 0 bridgehead atoms. The topological polar surface area (TPSA) is 105 Å². The summed E-state index contributed by atoms with van der Waals surface area (Å²) in [7, 11) is 0. The molecule has 0 fully saturated rings. The van der Waals surface area contributed by atoms with Crippen LogP contribution < -0.4 is 5.32 Å². The van der Waals surface area contributed by atoms with E-state index < -0.39 is 11.9 Å². The molecule has 1 amide bonds. The van der Waals surface area contributed by atoms with E-state index in [0.29, 0.717) is 16.4 Å². The van der Waals surface area contributed by atoms with Gasteiger partial charge in [0.25, 0.3) is 5.91 Å². The fourth-order valence-corrected chi connectivity index (χ4v) is 2.64. The molecule has 0 aliphatic heterocycles. The van der Waals surface area contributed by atoms with Gasteiger partial charge in [0.05, 0.1) is 17.4 Å². The lowest BCUT2D eigenvalue weighted by Gasteiger charge is -2.07. The van der Waals surface area contributed by atoms with Crippen LogP contribution >= 0.6 is 11.8 Å². The lowest BCUT2D eigenvalue weighted by Crippen LogP contribution is -2.21. The highest BCUT2D eigenvalue weighted by molar-refractivity contribution is 7.99. The molecule has 0 aliphatic carbocycles. The molecule has 1 aromatic carbocycles. The zero-order chi connectivity index (χ0) is 18.2. The molecule has 1 aromatic heterocycles. The van der Waals surface area contributed by atoms with Crippen molar-refractivity contribution in [2.75, 3.05) is 17.7 Å². The average molecular weight is 356 g/mol. The Morgan fingerprint density at radius 3 is 2.44 bits per heavy atom. The summed E-state index contributed by atoms with van der Waals surface area (Å²) in [5.41, 5.74) is 2.67. The summed E-state index contributed by atoms with van der Waals surface area (Å²) in [6.45, 7) is 3.32. The second-order valence-corrected chi connectivity index (χ2v) is 6.06. The van der Waals surface area contributed by atoms with Crippen molar-refractivity contribution in [2.45, 2.75) is 19.0 Å². The Labute approximate surface area is 149 Å². The quantitative estimate of drug-likeness (QED) is 0.481. The van der Waals surface area contributed by atoms with Gasteiger partial charge in [-0.3, -0.25) is 9.59 Å². The summed E-state index contributed by atoms with van der Waals surface area (Å²) >= 11 is 1.16. The predicted octanol–water partition coefficient (Wildman–Crippen LogP) is 2.24. The van der Waals surface area contributed by atoms with E-state index in [2.05, 4.69) is 15.3 Å². The van der Waals surface area contributed by atoms with Crippen LogP contribution in [0.15, 0.2) is 35.5 Å². The number of hydrogen-bond donors (Lipinski definition) is 1. The van der Waals surface area contributed by atoms with Crippen molar-refractivity contribution in [3.8, 4) is 6.07 Å². The number of carbonyl (C=O) groups is 2. The third-order valence-electron chi connectivity index (χ3n) is 2.94. The number of esters is 1. The maximum Gasteiger partial charge on any atom is 0.316 e. The molecular formula is C17H16N4O3S. The zero-order valence-electron chi connectivity index (χ0n) is 13.8. The molecule has 2 aromatic rings. The van der Waals surface area contributed by atoms with E-state index in [1.54, 1.807) is 24.3 Å². The molecule has 128 valence electrons. The van der Waals surface area contributed by atoms with Gasteiger partial charge in [-0.2, -0.15) is 5.26 Å². The Morgan fingerprint density at radius 2 is 1.84 bits per heavy atom. The Kier molecular flexibility index (Phi) is 6.48. The largest absolute Gasteiger partial charge is 0.455 e. The Bertz CT molecular complexity index is 795. The number of ether oxygens (including phenoxy) is 1. The first-order valence-electron chi connectivity index (χ1n) is 7.37. The van der Waals surface area contributed by atoms with Crippen molar-refractivity contribution in [2.24, 2.45) is 0 Å². The highest BCUT2D eigenvalue weighted by Gasteiger charge is 2.10. The maximum absolute atomic E-state index is 11.8. The highest BCUT2D eigenvalue weighted by atomic mass is 32.2. The van der Waals surface area contributed by atoms with Gasteiger partial charge in [-0.15, -0.1) is 0 Å². The van der Waals surface area contributed by atoms with Crippen molar-refractivity contribution in [1.82, 2.24) is 9.97 Å². The van der Waals surface area contributed by atoms with Gasteiger partial charge in [0.1, 0.15) is 0 Å². The fraction of sp³-hybridized carbons (Fsp3) is 0.235. The first-order chi connectivity index (χ1) is 12.0. The third-order valence-corrected chi connectivity index (χ3v) is 3.76. The Hall–Kier alpha value is -2.92. The molecule has 7 nitrogen and oxygen atoms in total. The number of anilines is 1. The molecular weight excluding hydrogens is 340 g/mol. The molecule has 0 unspecified atom stereocenters. The molecule has 25 heavy (non-hydrogen) atoms. The van der Waals surface area contributed by atoms with Crippen LogP contribution in [-0.2, 0) is 14.3 Å². The molecule has 0 radical (unpaired) electrons. The standard InChI is InChI=1S/C17H16N4O3S/c1-11-7-12(2)20-17(19-11)25-10-16(23)24-9-15(22)21-14-5-3-13(8-18)4-6-14/h3-7H,9-10H2,1-2H3,(H,21,22). The van der Waals surface area contributed by atoms with E-state index in [0.717, 1.165) is 23.1 Å². The van der Waals surface area contributed by atoms with E-state index in [9.17, 15) is 9.59 Å². The summed E-state index contributed by atoms with van der Waals surface area (Å²) < 4.78 is 4.92. The molecule has 1 heterocycles. The molecule has 1 N–H and O–H groups in total. The number of thioether (sulfide) groups is 1. The van der Waals surface area contributed by atoms with Gasteiger partial charge in [0.2, 0.25) is 0 Å². The number of amides is 1. The summed E-state index contributed by atoms with van der Waals surface area (Å²) in [4.78, 5) is 31.9. The van der Waals surface area contributed by atoms with E-state index in [-0.39, 0.29) is 12.4 Å². The number of hydrogen-bond acceptors (Lipinski definition) is 7. The minimum atomic E-state index is -0.525. The number of benzene rings is 1. The van der Waals surface area contributed by atoms with Gasteiger partial charge < -0.3 is 10.1 Å². The van der Waals surface area contributed by atoms with Crippen molar-refractivity contribution in [3.05, 3.63) is 47.3 Å². The van der Waals surface area contributed by atoms with Gasteiger partial charge in [-0.25, -0.2) is 9.97 Å². The lowest BCUT2D eigenvalue weighted by atomic mass is 10.2. The van der Waals surface area contributed by atoms with Crippen LogP contribution in [0.25, 0.3) is 0 Å². The molecule has 0 saturated heterocycles. The predicted molar refractivity (Wildman–Crippen MR) is 93.0 cm³/mol. The number of carbonyl (C=O) groups excluding carboxylic acids is 2. The molecule has 0 spiro atoms. The number of nitriles is 1. The van der Waals surface area contributed by atoms with Crippen LogP contribution in [0.5, 0.6) is 0 Å². The second kappa shape index (κ2) is 8.80. The summed E-state index contributed by atoms with van der Waals surface area (Å²) in [6.07, 6.45) is 0. The molecule has 2 rings (SSSR count). The van der Waals surface area contributed by atoms with Crippen LogP contribution in [0.3, 0.4) is 0 Å². The van der Waals surface area contributed by atoms with Crippen molar-refractivity contribution >= 4 is 29.3 Å². The molecule has 0 atom stereocenters. The highest BCUT2D eigenvalue weighted by Crippen LogP contribution is 2.14. The van der Waals surface area contributed by atoms with E-state index in [1.807, 2.05) is 26.0 Å². The SMILES string of the molecule is Cc1cc(C)nc(SCC(=O)OCC(=O)Nc2ccc(C#N)cc2)n1. The maximum atomic E-state index is 11.8. The van der Waals surface area contributed by atoms with Crippen molar-refractivity contribution in [1.29, 1.82) is 5.26 Å². The average Bonchev–Trinajstić information content (AvgIpc) is 2.58. The van der Waals surface area contributed by atoms with Gasteiger partial charge in [-0.05, 0) is 44.2 Å².